The maximum Gasteiger partial charge on any atom is 0.338 e. The number of fused-ring (bicyclic) bond motifs is 2. The molecule has 0 saturated heterocycles. The van der Waals surface area contributed by atoms with Crippen molar-refractivity contribution in [3.63, 3.8) is 0 Å². The number of allylic oxidation sites excluding steroid dienone is 1. The zero-order chi connectivity index (χ0) is 26.9. The van der Waals surface area contributed by atoms with E-state index >= 15 is 0 Å². The number of hydrogen-bond donors (Lipinski definition) is 0. The molecule has 0 spiro atoms. The van der Waals surface area contributed by atoms with Crippen LogP contribution in [0.15, 0.2) is 112 Å². The van der Waals surface area contributed by atoms with E-state index in [0.29, 0.717) is 20.6 Å². The number of para-hydroxylation sites is 1. The van der Waals surface area contributed by atoms with Gasteiger partial charge >= 0.3 is 5.97 Å². The van der Waals surface area contributed by atoms with Gasteiger partial charge < -0.3 is 9.30 Å². The van der Waals surface area contributed by atoms with E-state index in [1.807, 2.05) is 66.7 Å². The Labute approximate surface area is 229 Å². The van der Waals surface area contributed by atoms with Crippen molar-refractivity contribution in [3.8, 4) is 0 Å². The van der Waals surface area contributed by atoms with E-state index in [0.717, 1.165) is 28.6 Å². The van der Waals surface area contributed by atoms with E-state index < -0.39 is 12.0 Å². The number of benzene rings is 3. The number of nitrogens with zero attached hydrogens (tertiary/aromatic N) is 3. The van der Waals surface area contributed by atoms with Gasteiger partial charge in [-0.15, -0.1) is 0 Å². The first-order chi connectivity index (χ1) is 19.0. The Kier molecular flexibility index (Phi) is 6.59. The van der Waals surface area contributed by atoms with Gasteiger partial charge in [-0.3, -0.25) is 9.36 Å². The zero-order valence-electron chi connectivity index (χ0n) is 21.7. The second kappa shape index (κ2) is 10.3. The van der Waals surface area contributed by atoms with Crippen LogP contribution in [-0.4, -0.2) is 21.7 Å². The van der Waals surface area contributed by atoms with Crippen LogP contribution < -0.4 is 14.9 Å². The highest BCUT2D eigenvalue weighted by molar-refractivity contribution is 7.07. The molecule has 0 amide bonds. The molecule has 0 bridgehead atoms. The van der Waals surface area contributed by atoms with Crippen LogP contribution in [0.1, 0.15) is 36.6 Å². The lowest BCUT2D eigenvalue weighted by Gasteiger charge is -2.24. The van der Waals surface area contributed by atoms with Crippen molar-refractivity contribution >= 4 is 34.3 Å². The summed E-state index contributed by atoms with van der Waals surface area (Å²) in [7, 11) is 0. The van der Waals surface area contributed by atoms with Crippen LogP contribution in [0.5, 0.6) is 0 Å². The molecule has 3 heterocycles. The highest BCUT2D eigenvalue weighted by Crippen LogP contribution is 2.30. The first kappa shape index (κ1) is 24.8. The summed E-state index contributed by atoms with van der Waals surface area (Å²) in [6, 6.07) is 27.5. The van der Waals surface area contributed by atoms with Crippen molar-refractivity contribution in [3.05, 3.63) is 139 Å². The first-order valence-corrected chi connectivity index (χ1v) is 13.7. The molecule has 0 N–H and O–H groups in total. The number of rotatable bonds is 6. The van der Waals surface area contributed by atoms with E-state index in [2.05, 4.69) is 40.0 Å². The van der Waals surface area contributed by atoms with Crippen molar-refractivity contribution in [2.24, 2.45) is 4.99 Å². The van der Waals surface area contributed by atoms with Crippen LogP contribution in [0.3, 0.4) is 0 Å². The molecule has 7 heteroatoms. The Morgan fingerprint density at radius 1 is 1.00 bits per heavy atom. The highest BCUT2D eigenvalue weighted by Gasteiger charge is 2.33. The predicted molar refractivity (Wildman–Crippen MR) is 154 cm³/mol. The molecule has 1 aliphatic rings. The third kappa shape index (κ3) is 4.55. The van der Waals surface area contributed by atoms with E-state index in [1.165, 1.54) is 16.9 Å². The Morgan fingerprint density at radius 2 is 1.69 bits per heavy atom. The lowest BCUT2D eigenvalue weighted by molar-refractivity contribution is -0.139. The fourth-order valence-electron chi connectivity index (χ4n) is 5.18. The Balaban J connectivity index is 1.52. The lowest BCUT2D eigenvalue weighted by Crippen LogP contribution is -2.39. The van der Waals surface area contributed by atoms with Gasteiger partial charge in [0.15, 0.2) is 4.80 Å². The Bertz CT molecular complexity index is 1900. The number of carbonyl (C=O) groups excluding carboxylic acids is 1. The van der Waals surface area contributed by atoms with Crippen LogP contribution in [0.25, 0.3) is 17.0 Å². The first-order valence-electron chi connectivity index (χ1n) is 12.9. The minimum absolute atomic E-state index is 0.179. The summed E-state index contributed by atoms with van der Waals surface area (Å²) in [6.07, 6.45) is 4.04. The fraction of sp³-hybridized carbons (Fsp3) is 0.156. The Morgan fingerprint density at radius 3 is 2.44 bits per heavy atom. The van der Waals surface area contributed by atoms with Crippen LogP contribution >= 0.6 is 11.3 Å². The third-order valence-corrected chi connectivity index (χ3v) is 7.92. The van der Waals surface area contributed by atoms with Gasteiger partial charge in [-0.05, 0) is 37.1 Å². The smallest absolute Gasteiger partial charge is 0.338 e. The molecule has 0 unspecified atom stereocenters. The van der Waals surface area contributed by atoms with Crippen LogP contribution in [-0.2, 0) is 16.1 Å². The normalized spacial score (nSPS) is 15.3. The summed E-state index contributed by atoms with van der Waals surface area (Å²) in [5.74, 6) is -0.453. The molecule has 194 valence electrons. The van der Waals surface area contributed by atoms with Crippen molar-refractivity contribution in [1.29, 1.82) is 0 Å². The van der Waals surface area contributed by atoms with E-state index in [-0.39, 0.29) is 12.2 Å². The predicted octanol–water partition coefficient (Wildman–Crippen LogP) is 4.80. The summed E-state index contributed by atoms with van der Waals surface area (Å²) in [4.78, 5) is 32.3. The van der Waals surface area contributed by atoms with Crippen LogP contribution in [0, 0.1) is 0 Å². The molecule has 39 heavy (non-hydrogen) atoms. The molecule has 0 saturated carbocycles. The van der Waals surface area contributed by atoms with Crippen LogP contribution in [0.2, 0.25) is 0 Å². The van der Waals surface area contributed by atoms with E-state index in [1.54, 1.807) is 18.4 Å². The average molecular weight is 534 g/mol. The second-order valence-corrected chi connectivity index (χ2v) is 10.4. The van der Waals surface area contributed by atoms with Gasteiger partial charge in [0, 0.05) is 29.2 Å². The maximum atomic E-state index is 14.0. The van der Waals surface area contributed by atoms with Crippen molar-refractivity contribution in [1.82, 2.24) is 9.13 Å². The van der Waals surface area contributed by atoms with Gasteiger partial charge in [0.05, 0.1) is 28.5 Å². The molecule has 3 aromatic carbocycles. The number of thiazole rings is 1. The summed E-state index contributed by atoms with van der Waals surface area (Å²) in [5.41, 5.74) is 4.88. The highest BCUT2D eigenvalue weighted by atomic mass is 32.1. The lowest BCUT2D eigenvalue weighted by atomic mass is 9.96. The van der Waals surface area contributed by atoms with Gasteiger partial charge in [0.2, 0.25) is 0 Å². The number of hydrogen-bond acceptors (Lipinski definition) is 5. The SMILES string of the molecule is CCOC(=O)C1=C(C)N=c2s/c(=C\c3cn(Cc4ccccc4)c4ccccc34)c(=O)n2[C@H]1c1ccccc1. The number of ether oxygens (including phenoxy) is 1. The Hall–Kier alpha value is -4.49. The molecule has 1 atom stereocenters. The molecule has 6 nitrogen and oxygen atoms in total. The summed E-state index contributed by atoms with van der Waals surface area (Å²) in [6.45, 7) is 4.55. The second-order valence-electron chi connectivity index (χ2n) is 9.43. The quantitative estimate of drug-likeness (QED) is 0.295. The van der Waals surface area contributed by atoms with Gasteiger partial charge in [-0.2, -0.15) is 0 Å². The summed E-state index contributed by atoms with van der Waals surface area (Å²) < 4.78 is 9.79. The fourth-order valence-corrected chi connectivity index (χ4v) is 6.22. The minimum Gasteiger partial charge on any atom is -0.463 e. The molecule has 6 rings (SSSR count). The number of carbonyl (C=O) groups is 1. The molecule has 5 aromatic rings. The van der Waals surface area contributed by atoms with E-state index in [9.17, 15) is 9.59 Å². The molecular weight excluding hydrogens is 506 g/mol. The topological polar surface area (TPSA) is 65.6 Å². The van der Waals surface area contributed by atoms with Crippen molar-refractivity contribution in [2.45, 2.75) is 26.4 Å². The largest absolute Gasteiger partial charge is 0.463 e. The monoisotopic (exact) mass is 533 g/mol. The van der Waals surface area contributed by atoms with Gasteiger partial charge in [-0.25, -0.2) is 9.79 Å². The van der Waals surface area contributed by atoms with Crippen molar-refractivity contribution < 1.29 is 9.53 Å². The minimum atomic E-state index is -0.608. The molecule has 2 aromatic heterocycles. The molecular formula is C32H27N3O3S. The molecule has 0 aliphatic carbocycles. The molecule has 0 fully saturated rings. The molecule has 1 aliphatic heterocycles. The standard InChI is InChI=1S/C32H27N3O3S/c1-3-38-31(37)28-21(2)33-32-35(29(28)23-14-8-5-9-15-23)30(36)27(39-32)18-24-20-34(19-22-12-6-4-7-13-22)26-17-11-10-16-25(24)26/h4-18,20,29H,3,19H2,1-2H3/b27-18-/t29-/m0/s1. The maximum absolute atomic E-state index is 14.0. The zero-order valence-corrected chi connectivity index (χ0v) is 22.5. The number of aromatic nitrogens is 2. The summed E-state index contributed by atoms with van der Waals surface area (Å²) in [5, 5.41) is 1.07. The van der Waals surface area contributed by atoms with Gasteiger partial charge in [0.1, 0.15) is 0 Å². The molecule has 0 radical (unpaired) electrons. The van der Waals surface area contributed by atoms with Crippen molar-refractivity contribution in [2.75, 3.05) is 6.61 Å². The average Bonchev–Trinajstić information content (AvgIpc) is 3.45. The van der Waals surface area contributed by atoms with Crippen LogP contribution in [0.4, 0.5) is 0 Å². The van der Waals surface area contributed by atoms with Gasteiger partial charge in [-0.1, -0.05) is 90.2 Å². The van der Waals surface area contributed by atoms with Gasteiger partial charge in [0.25, 0.3) is 5.56 Å². The van der Waals surface area contributed by atoms with E-state index in [4.69, 9.17) is 4.74 Å². The third-order valence-electron chi connectivity index (χ3n) is 6.93. The summed E-state index contributed by atoms with van der Waals surface area (Å²) >= 11 is 1.34. The number of esters is 1.